The third kappa shape index (κ3) is 3.31. The smallest absolute Gasteiger partial charge is 0.218 e. The normalized spacial score (nSPS) is 13.2. The number of hydrogen-bond acceptors (Lipinski definition) is 5. The van der Waals surface area contributed by atoms with Crippen molar-refractivity contribution in [2.75, 3.05) is 13.2 Å². The molecule has 0 amide bonds. The van der Waals surface area contributed by atoms with Gasteiger partial charge in [-0.25, -0.2) is 0 Å². The molecule has 3 aromatic rings. The molecule has 3 N–H and O–H groups in total. The standard InChI is InChI=1S/C18H16N4O3S/c23-17-16(21-22-18(26)19-10-11-4-2-1-3-5-11)12-8-14-15(9-13(12)20-17)25-7-6-24-14/h1-5,8-9,20,23H,6-7,10H2,(H,19,26). The van der Waals surface area contributed by atoms with Crippen molar-refractivity contribution in [2.45, 2.75) is 6.54 Å². The van der Waals surface area contributed by atoms with E-state index in [1.165, 1.54) is 0 Å². The van der Waals surface area contributed by atoms with E-state index in [-0.39, 0.29) is 11.0 Å². The van der Waals surface area contributed by atoms with Crippen molar-refractivity contribution in [2.24, 2.45) is 10.2 Å². The van der Waals surface area contributed by atoms with Gasteiger partial charge in [0.1, 0.15) is 13.2 Å². The van der Waals surface area contributed by atoms with E-state index >= 15 is 0 Å². The van der Waals surface area contributed by atoms with Crippen LogP contribution < -0.4 is 14.8 Å². The summed E-state index contributed by atoms with van der Waals surface area (Å²) in [5.41, 5.74) is 2.08. The van der Waals surface area contributed by atoms with Crippen LogP contribution in [0.1, 0.15) is 5.56 Å². The molecular formula is C18H16N4O3S. The fourth-order valence-corrected chi connectivity index (χ4v) is 2.82. The molecule has 2 aromatic carbocycles. The van der Waals surface area contributed by atoms with Crippen molar-refractivity contribution in [3.8, 4) is 17.4 Å². The van der Waals surface area contributed by atoms with Crippen LogP contribution in [-0.2, 0) is 6.54 Å². The van der Waals surface area contributed by atoms with Gasteiger partial charge in [-0.3, -0.25) is 0 Å². The lowest BCUT2D eigenvalue weighted by Crippen LogP contribution is -2.18. The first-order valence-corrected chi connectivity index (χ1v) is 8.49. The number of ether oxygens (including phenoxy) is 2. The van der Waals surface area contributed by atoms with Crippen molar-refractivity contribution in [3.05, 3.63) is 48.0 Å². The number of nitrogens with zero attached hydrogens (tertiary/aromatic N) is 2. The van der Waals surface area contributed by atoms with Crippen molar-refractivity contribution >= 4 is 33.9 Å². The molecule has 0 saturated carbocycles. The van der Waals surface area contributed by atoms with Gasteiger partial charge in [-0.15, -0.1) is 10.2 Å². The first-order valence-electron chi connectivity index (χ1n) is 8.08. The Kier molecular flexibility index (Phi) is 4.40. The minimum absolute atomic E-state index is 0.0862. The van der Waals surface area contributed by atoms with Crippen molar-refractivity contribution in [1.29, 1.82) is 0 Å². The average molecular weight is 368 g/mol. The van der Waals surface area contributed by atoms with Gasteiger partial charge in [0, 0.05) is 18.0 Å². The first kappa shape index (κ1) is 16.3. The van der Waals surface area contributed by atoms with E-state index in [4.69, 9.17) is 21.7 Å². The topological polar surface area (TPSA) is 91.2 Å². The number of aromatic amines is 1. The highest BCUT2D eigenvalue weighted by Gasteiger charge is 2.18. The zero-order valence-electron chi connectivity index (χ0n) is 13.7. The molecule has 8 heteroatoms. The largest absolute Gasteiger partial charge is 0.493 e. The molecule has 0 saturated heterocycles. The van der Waals surface area contributed by atoms with Crippen LogP contribution in [0.25, 0.3) is 10.9 Å². The molecular weight excluding hydrogens is 352 g/mol. The number of rotatable bonds is 3. The monoisotopic (exact) mass is 368 g/mol. The Morgan fingerprint density at radius 1 is 1.15 bits per heavy atom. The highest BCUT2D eigenvalue weighted by Crippen LogP contribution is 2.42. The van der Waals surface area contributed by atoms with E-state index in [9.17, 15) is 5.11 Å². The number of nitrogens with one attached hydrogen (secondary N) is 2. The van der Waals surface area contributed by atoms with Gasteiger partial charge < -0.3 is 24.9 Å². The third-order valence-electron chi connectivity index (χ3n) is 3.94. The molecule has 0 atom stereocenters. The summed E-state index contributed by atoms with van der Waals surface area (Å²) in [5, 5.41) is 22.2. The molecule has 0 aliphatic carbocycles. The van der Waals surface area contributed by atoms with Crippen molar-refractivity contribution < 1.29 is 14.6 Å². The summed E-state index contributed by atoms with van der Waals surface area (Å²) in [6.07, 6.45) is 0. The average Bonchev–Trinajstić information content (AvgIpc) is 2.97. The number of benzene rings is 2. The predicted octanol–water partition coefficient (Wildman–Crippen LogP) is 3.80. The highest BCUT2D eigenvalue weighted by molar-refractivity contribution is 7.80. The Morgan fingerprint density at radius 2 is 1.88 bits per heavy atom. The van der Waals surface area contributed by atoms with Gasteiger partial charge in [0.25, 0.3) is 0 Å². The van der Waals surface area contributed by atoms with E-state index in [1.807, 2.05) is 30.3 Å². The summed E-state index contributed by atoms with van der Waals surface area (Å²) in [6, 6.07) is 13.4. The van der Waals surface area contributed by atoms with Crippen molar-refractivity contribution in [3.63, 3.8) is 0 Å². The molecule has 2 heterocycles. The van der Waals surface area contributed by atoms with E-state index < -0.39 is 0 Å². The number of H-pyrrole nitrogens is 1. The van der Waals surface area contributed by atoms with Gasteiger partial charge in [0.15, 0.2) is 17.2 Å². The minimum Gasteiger partial charge on any atom is -0.493 e. The van der Waals surface area contributed by atoms with Gasteiger partial charge >= 0.3 is 0 Å². The molecule has 0 spiro atoms. The molecule has 0 fully saturated rings. The molecule has 0 unspecified atom stereocenters. The summed E-state index contributed by atoms with van der Waals surface area (Å²) in [4.78, 5) is 2.86. The molecule has 1 aromatic heterocycles. The number of aromatic hydroxyl groups is 1. The maximum Gasteiger partial charge on any atom is 0.218 e. The van der Waals surface area contributed by atoms with Crippen LogP contribution in [0.2, 0.25) is 0 Å². The molecule has 0 radical (unpaired) electrons. The minimum atomic E-state index is -0.0862. The summed E-state index contributed by atoms with van der Waals surface area (Å²) in [6.45, 7) is 1.54. The molecule has 4 rings (SSSR count). The van der Waals surface area contributed by atoms with Gasteiger partial charge in [0.05, 0.1) is 5.52 Å². The predicted molar refractivity (Wildman–Crippen MR) is 101 cm³/mol. The maximum absolute atomic E-state index is 10.1. The van der Waals surface area contributed by atoms with Crippen molar-refractivity contribution in [1.82, 2.24) is 10.3 Å². The molecule has 1 aliphatic heterocycles. The Morgan fingerprint density at radius 3 is 2.65 bits per heavy atom. The van der Waals surface area contributed by atoms with E-state index in [1.54, 1.807) is 12.1 Å². The Labute approximate surface area is 154 Å². The van der Waals surface area contributed by atoms with Crippen LogP contribution in [0, 0.1) is 0 Å². The number of fused-ring (bicyclic) bond motifs is 2. The fourth-order valence-electron chi connectivity index (χ4n) is 2.71. The lowest BCUT2D eigenvalue weighted by molar-refractivity contribution is 0.172. The van der Waals surface area contributed by atoms with Crippen LogP contribution in [0.15, 0.2) is 52.7 Å². The molecule has 26 heavy (non-hydrogen) atoms. The number of thiocarbonyl (C=S) groups is 1. The molecule has 132 valence electrons. The second-order valence-corrected chi connectivity index (χ2v) is 6.09. The summed E-state index contributed by atoms with van der Waals surface area (Å²) < 4.78 is 11.1. The zero-order chi connectivity index (χ0) is 17.9. The van der Waals surface area contributed by atoms with Crippen LogP contribution in [0.4, 0.5) is 5.69 Å². The van der Waals surface area contributed by atoms with Crippen LogP contribution in [0.3, 0.4) is 0 Å². The third-order valence-corrected chi connectivity index (χ3v) is 4.17. The van der Waals surface area contributed by atoms with Gasteiger partial charge in [0.2, 0.25) is 11.0 Å². The van der Waals surface area contributed by atoms with E-state index in [2.05, 4.69) is 20.5 Å². The Balaban J connectivity index is 1.53. The van der Waals surface area contributed by atoms with Gasteiger partial charge in [-0.1, -0.05) is 30.3 Å². The van der Waals surface area contributed by atoms with Crippen LogP contribution in [-0.4, -0.2) is 28.4 Å². The first-order chi connectivity index (χ1) is 12.7. The zero-order valence-corrected chi connectivity index (χ0v) is 14.5. The summed E-state index contributed by atoms with van der Waals surface area (Å²) >= 11 is 5.18. The second kappa shape index (κ2) is 7.01. The Bertz CT molecular complexity index is 985. The number of hydrogen-bond donors (Lipinski definition) is 3. The summed E-state index contributed by atoms with van der Waals surface area (Å²) in [5.74, 6) is 1.16. The fraction of sp³-hybridized carbons (Fsp3) is 0.167. The van der Waals surface area contributed by atoms with Crippen LogP contribution >= 0.6 is 12.2 Å². The lowest BCUT2D eigenvalue weighted by Gasteiger charge is -2.18. The number of azo groups is 1. The SMILES string of the molecule is Oc1[nH]c2cc3c(cc2c1N=NC(=S)NCc1ccccc1)OCCO3. The Hall–Kier alpha value is -3.13. The second-order valence-electron chi connectivity index (χ2n) is 5.71. The molecule has 0 bridgehead atoms. The molecule has 1 aliphatic rings. The van der Waals surface area contributed by atoms with E-state index in [0.29, 0.717) is 47.8 Å². The molecule has 7 nitrogen and oxygen atoms in total. The van der Waals surface area contributed by atoms with Gasteiger partial charge in [-0.05, 0) is 23.8 Å². The lowest BCUT2D eigenvalue weighted by atomic mass is 10.2. The highest BCUT2D eigenvalue weighted by atomic mass is 32.1. The van der Waals surface area contributed by atoms with Gasteiger partial charge in [-0.2, -0.15) is 0 Å². The number of aromatic nitrogens is 1. The summed E-state index contributed by atoms with van der Waals surface area (Å²) in [7, 11) is 0. The quantitative estimate of drug-likeness (QED) is 0.483. The van der Waals surface area contributed by atoms with E-state index in [0.717, 1.165) is 5.56 Å². The van der Waals surface area contributed by atoms with Crippen LogP contribution in [0.5, 0.6) is 17.4 Å². The maximum atomic E-state index is 10.1.